The molecule has 1 heterocycles. The van der Waals surface area contributed by atoms with Gasteiger partial charge in [-0.15, -0.1) is 0 Å². The molecule has 0 unspecified atom stereocenters. The molecule has 2 aromatic rings. The van der Waals surface area contributed by atoms with E-state index in [0.29, 0.717) is 6.42 Å². The topological polar surface area (TPSA) is 42.0 Å². The molecule has 2 rings (SSSR count). The highest BCUT2D eigenvalue weighted by molar-refractivity contribution is 5.76. The summed E-state index contributed by atoms with van der Waals surface area (Å²) in [4.78, 5) is 15.4. The Morgan fingerprint density at radius 1 is 1.11 bits per heavy atom. The molecule has 0 aliphatic carbocycles. The molecule has 1 aromatic heterocycles. The minimum atomic E-state index is 0.0407. The maximum atomic E-state index is 11.4. The van der Waals surface area contributed by atoms with E-state index in [-0.39, 0.29) is 11.9 Å². The zero-order valence-electron chi connectivity index (χ0n) is 11.3. The number of nitrogens with one attached hydrogen (secondary N) is 1. The van der Waals surface area contributed by atoms with Crippen LogP contribution in [0.15, 0.2) is 48.8 Å². The third-order valence-corrected chi connectivity index (χ3v) is 3.12. The van der Waals surface area contributed by atoms with Gasteiger partial charge in [-0.3, -0.25) is 9.78 Å². The maximum absolute atomic E-state index is 11.4. The number of nitrogens with zero attached hydrogens (tertiary/aromatic N) is 1. The molecule has 0 aliphatic heterocycles. The van der Waals surface area contributed by atoms with Crippen molar-refractivity contribution >= 4 is 5.91 Å². The van der Waals surface area contributed by atoms with Crippen LogP contribution in [0.25, 0.3) is 11.1 Å². The van der Waals surface area contributed by atoms with Gasteiger partial charge in [-0.25, -0.2) is 0 Å². The molecule has 1 amide bonds. The summed E-state index contributed by atoms with van der Waals surface area (Å²) in [6.45, 7) is 3.85. The zero-order chi connectivity index (χ0) is 13.7. The van der Waals surface area contributed by atoms with Crippen LogP contribution in [0.4, 0.5) is 0 Å². The van der Waals surface area contributed by atoms with Gasteiger partial charge >= 0.3 is 0 Å². The van der Waals surface area contributed by atoms with Crippen LogP contribution in [0.3, 0.4) is 0 Å². The Morgan fingerprint density at radius 2 is 1.68 bits per heavy atom. The average molecular weight is 254 g/mol. The maximum Gasteiger partial charge on any atom is 0.220 e. The van der Waals surface area contributed by atoms with Gasteiger partial charge < -0.3 is 5.32 Å². The zero-order valence-corrected chi connectivity index (χ0v) is 11.3. The van der Waals surface area contributed by atoms with Crippen LogP contribution in [0.5, 0.6) is 0 Å². The van der Waals surface area contributed by atoms with Crippen molar-refractivity contribution in [3.05, 3.63) is 54.4 Å². The van der Waals surface area contributed by atoms with E-state index < -0.39 is 0 Å². The van der Waals surface area contributed by atoms with E-state index in [0.717, 1.165) is 16.7 Å². The van der Waals surface area contributed by atoms with Gasteiger partial charge in [-0.2, -0.15) is 0 Å². The van der Waals surface area contributed by atoms with Gasteiger partial charge in [-0.05, 0) is 35.7 Å². The Balaban J connectivity index is 2.12. The summed E-state index contributed by atoms with van der Waals surface area (Å²) in [5, 5.41) is 2.96. The number of carbonyl (C=O) groups is 1. The minimum absolute atomic E-state index is 0.0407. The fourth-order valence-corrected chi connectivity index (χ4v) is 1.94. The van der Waals surface area contributed by atoms with Gasteiger partial charge in [0.1, 0.15) is 0 Å². The fourth-order valence-electron chi connectivity index (χ4n) is 1.94. The number of pyridine rings is 1. The van der Waals surface area contributed by atoms with Crippen molar-refractivity contribution in [2.45, 2.75) is 26.3 Å². The van der Waals surface area contributed by atoms with E-state index in [4.69, 9.17) is 0 Å². The summed E-state index contributed by atoms with van der Waals surface area (Å²) < 4.78 is 0. The number of amides is 1. The Kier molecular flexibility index (Phi) is 4.29. The summed E-state index contributed by atoms with van der Waals surface area (Å²) in [6, 6.07) is 12.2. The van der Waals surface area contributed by atoms with E-state index in [1.165, 1.54) is 0 Å². The number of benzene rings is 1. The third-order valence-electron chi connectivity index (χ3n) is 3.12. The second-order valence-electron chi connectivity index (χ2n) is 4.50. The Bertz CT molecular complexity index is 534. The first-order chi connectivity index (χ1) is 9.20. The van der Waals surface area contributed by atoms with Gasteiger partial charge in [0.15, 0.2) is 0 Å². The van der Waals surface area contributed by atoms with E-state index in [2.05, 4.69) is 34.6 Å². The number of carbonyl (C=O) groups excluding carboxylic acids is 1. The number of hydrogen-bond donors (Lipinski definition) is 1. The first-order valence-electron chi connectivity index (χ1n) is 6.50. The Morgan fingerprint density at radius 3 is 2.26 bits per heavy atom. The van der Waals surface area contributed by atoms with E-state index in [9.17, 15) is 4.79 Å². The first kappa shape index (κ1) is 13.3. The summed E-state index contributed by atoms with van der Waals surface area (Å²) in [6.07, 6.45) is 4.08. The van der Waals surface area contributed by atoms with Crippen molar-refractivity contribution in [3.63, 3.8) is 0 Å². The SMILES string of the molecule is CCC(=O)N[C@@H](C)c1ccc(-c2ccncc2)cc1. The lowest BCUT2D eigenvalue weighted by molar-refractivity contribution is -0.121. The molecule has 0 radical (unpaired) electrons. The molecule has 1 N–H and O–H groups in total. The van der Waals surface area contributed by atoms with Gasteiger partial charge in [0.05, 0.1) is 6.04 Å². The second-order valence-corrected chi connectivity index (χ2v) is 4.50. The van der Waals surface area contributed by atoms with Crippen LogP contribution in [-0.4, -0.2) is 10.9 Å². The van der Waals surface area contributed by atoms with Crippen LogP contribution >= 0.6 is 0 Å². The lowest BCUT2D eigenvalue weighted by Crippen LogP contribution is -2.25. The monoisotopic (exact) mass is 254 g/mol. The van der Waals surface area contributed by atoms with E-state index in [1.54, 1.807) is 12.4 Å². The Hall–Kier alpha value is -2.16. The standard InChI is InChI=1S/C16H18N2O/c1-3-16(19)18-12(2)13-4-6-14(7-5-13)15-8-10-17-11-9-15/h4-12H,3H2,1-2H3,(H,18,19)/t12-/m0/s1. The highest BCUT2D eigenvalue weighted by Crippen LogP contribution is 2.21. The highest BCUT2D eigenvalue weighted by atomic mass is 16.1. The van der Waals surface area contributed by atoms with Crippen molar-refractivity contribution in [3.8, 4) is 11.1 Å². The van der Waals surface area contributed by atoms with Crippen LogP contribution < -0.4 is 5.32 Å². The third kappa shape index (κ3) is 3.41. The largest absolute Gasteiger partial charge is 0.350 e. The van der Waals surface area contributed by atoms with Crippen LogP contribution in [0.1, 0.15) is 31.9 Å². The molecule has 0 saturated carbocycles. The van der Waals surface area contributed by atoms with E-state index >= 15 is 0 Å². The van der Waals surface area contributed by atoms with Crippen LogP contribution in [0, 0.1) is 0 Å². The molecule has 0 fully saturated rings. The molecule has 1 aromatic carbocycles. The number of rotatable bonds is 4. The molecule has 19 heavy (non-hydrogen) atoms. The summed E-state index contributed by atoms with van der Waals surface area (Å²) in [5.41, 5.74) is 3.41. The Labute approximate surface area is 113 Å². The molecule has 3 nitrogen and oxygen atoms in total. The summed E-state index contributed by atoms with van der Waals surface area (Å²) >= 11 is 0. The molecule has 98 valence electrons. The molecule has 0 aliphatic rings. The summed E-state index contributed by atoms with van der Waals surface area (Å²) in [7, 11) is 0. The normalized spacial score (nSPS) is 11.9. The molecular weight excluding hydrogens is 236 g/mol. The number of hydrogen-bond acceptors (Lipinski definition) is 2. The van der Waals surface area contributed by atoms with Gasteiger partial charge in [-0.1, -0.05) is 31.2 Å². The van der Waals surface area contributed by atoms with Crippen molar-refractivity contribution in [2.24, 2.45) is 0 Å². The molecule has 0 bridgehead atoms. The molecule has 0 saturated heterocycles. The van der Waals surface area contributed by atoms with Crippen molar-refractivity contribution in [1.29, 1.82) is 0 Å². The predicted octanol–water partition coefficient (Wildman–Crippen LogP) is 3.34. The van der Waals surface area contributed by atoms with Crippen molar-refractivity contribution < 1.29 is 4.79 Å². The smallest absolute Gasteiger partial charge is 0.220 e. The number of aromatic nitrogens is 1. The molecular formula is C16H18N2O. The van der Waals surface area contributed by atoms with Crippen LogP contribution in [-0.2, 0) is 4.79 Å². The fraction of sp³-hybridized carbons (Fsp3) is 0.250. The summed E-state index contributed by atoms with van der Waals surface area (Å²) in [5.74, 6) is 0.0747. The molecule has 3 heteroatoms. The van der Waals surface area contributed by atoms with Crippen molar-refractivity contribution in [2.75, 3.05) is 0 Å². The molecule has 0 spiro atoms. The highest BCUT2D eigenvalue weighted by Gasteiger charge is 2.08. The predicted molar refractivity (Wildman–Crippen MR) is 76.5 cm³/mol. The minimum Gasteiger partial charge on any atom is -0.350 e. The molecule has 1 atom stereocenters. The lowest BCUT2D eigenvalue weighted by atomic mass is 10.0. The first-order valence-corrected chi connectivity index (χ1v) is 6.50. The second kappa shape index (κ2) is 6.14. The lowest BCUT2D eigenvalue weighted by Gasteiger charge is -2.14. The average Bonchev–Trinajstić information content (AvgIpc) is 2.48. The van der Waals surface area contributed by atoms with Gasteiger partial charge in [0.2, 0.25) is 5.91 Å². The van der Waals surface area contributed by atoms with Gasteiger partial charge in [0.25, 0.3) is 0 Å². The van der Waals surface area contributed by atoms with Crippen LogP contribution in [0.2, 0.25) is 0 Å². The van der Waals surface area contributed by atoms with Gasteiger partial charge in [0, 0.05) is 18.8 Å². The quantitative estimate of drug-likeness (QED) is 0.909. The van der Waals surface area contributed by atoms with Crippen molar-refractivity contribution in [1.82, 2.24) is 10.3 Å². The van der Waals surface area contributed by atoms with E-state index in [1.807, 2.05) is 26.0 Å².